The van der Waals surface area contributed by atoms with Crippen molar-refractivity contribution in [1.29, 1.82) is 0 Å². The van der Waals surface area contributed by atoms with Gasteiger partial charge in [-0.25, -0.2) is 0 Å². The van der Waals surface area contributed by atoms with Crippen LogP contribution in [0.25, 0.3) is 10.9 Å². The Labute approximate surface area is 102 Å². The number of H-pyrrole nitrogens is 1. The van der Waals surface area contributed by atoms with Crippen molar-refractivity contribution >= 4 is 28.3 Å². The van der Waals surface area contributed by atoms with Gasteiger partial charge in [-0.15, -0.1) is 0 Å². The van der Waals surface area contributed by atoms with E-state index in [1.54, 1.807) is 24.4 Å². The van der Waals surface area contributed by atoms with Crippen molar-refractivity contribution in [2.24, 2.45) is 0 Å². The van der Waals surface area contributed by atoms with Crippen LogP contribution >= 0.6 is 11.6 Å². The summed E-state index contributed by atoms with van der Waals surface area (Å²) in [5, 5.41) is 1.29. The molecule has 0 bridgehead atoms. The van der Waals surface area contributed by atoms with E-state index in [-0.39, 0.29) is 5.78 Å². The second-order valence-electron chi connectivity index (χ2n) is 3.67. The Morgan fingerprint density at radius 1 is 1.24 bits per heavy atom. The largest absolute Gasteiger partial charge is 0.461 e. The van der Waals surface area contributed by atoms with Crippen LogP contribution < -0.4 is 0 Å². The lowest BCUT2D eigenvalue weighted by Gasteiger charge is -1.97. The molecule has 4 heteroatoms. The maximum atomic E-state index is 12.2. The van der Waals surface area contributed by atoms with Gasteiger partial charge in [0, 0.05) is 17.1 Å². The highest BCUT2D eigenvalue weighted by atomic mass is 35.5. The van der Waals surface area contributed by atoms with E-state index in [1.165, 1.54) is 6.26 Å². The molecular formula is C13H8ClNO2. The van der Waals surface area contributed by atoms with E-state index in [4.69, 9.17) is 16.0 Å². The molecule has 0 unspecified atom stereocenters. The zero-order chi connectivity index (χ0) is 11.8. The molecule has 0 radical (unpaired) electrons. The monoisotopic (exact) mass is 245 g/mol. The molecule has 0 atom stereocenters. The molecule has 0 aliphatic carbocycles. The standard InChI is InChI=1S/C13H8ClNO2/c14-9-3-1-4-10-12(9)8(7-15-10)13(16)11-5-2-6-17-11/h1-7,15H. The zero-order valence-corrected chi connectivity index (χ0v) is 9.49. The van der Waals surface area contributed by atoms with Crippen molar-refractivity contribution in [1.82, 2.24) is 4.98 Å². The molecule has 1 aromatic carbocycles. The van der Waals surface area contributed by atoms with Gasteiger partial charge in [0.05, 0.1) is 16.8 Å². The van der Waals surface area contributed by atoms with E-state index in [1.807, 2.05) is 12.1 Å². The predicted octanol–water partition coefficient (Wildman–Crippen LogP) is 3.65. The van der Waals surface area contributed by atoms with Crippen LogP contribution in [0.5, 0.6) is 0 Å². The number of nitrogens with one attached hydrogen (secondary N) is 1. The van der Waals surface area contributed by atoms with Crippen LogP contribution in [0.4, 0.5) is 0 Å². The number of carbonyl (C=O) groups excluding carboxylic acids is 1. The average Bonchev–Trinajstić information content (AvgIpc) is 2.98. The van der Waals surface area contributed by atoms with Crippen LogP contribution in [-0.2, 0) is 0 Å². The molecule has 3 rings (SSSR count). The number of hydrogen-bond donors (Lipinski definition) is 1. The minimum Gasteiger partial charge on any atom is -0.461 e. The lowest BCUT2D eigenvalue weighted by Crippen LogP contribution is -1.98. The average molecular weight is 246 g/mol. The second-order valence-corrected chi connectivity index (χ2v) is 4.08. The number of fused-ring (bicyclic) bond motifs is 1. The SMILES string of the molecule is O=C(c1ccco1)c1c[nH]c2cccc(Cl)c12. The van der Waals surface area contributed by atoms with E-state index in [0.717, 1.165) is 10.9 Å². The van der Waals surface area contributed by atoms with Crippen molar-refractivity contribution in [3.63, 3.8) is 0 Å². The van der Waals surface area contributed by atoms with Crippen molar-refractivity contribution in [2.75, 3.05) is 0 Å². The van der Waals surface area contributed by atoms with Crippen LogP contribution in [0.2, 0.25) is 5.02 Å². The molecule has 84 valence electrons. The predicted molar refractivity (Wildman–Crippen MR) is 65.4 cm³/mol. The van der Waals surface area contributed by atoms with Crippen molar-refractivity contribution in [3.05, 3.63) is 59.1 Å². The third-order valence-corrected chi connectivity index (χ3v) is 2.96. The van der Waals surface area contributed by atoms with Gasteiger partial charge >= 0.3 is 0 Å². The molecule has 2 aromatic heterocycles. The maximum absolute atomic E-state index is 12.2. The number of furan rings is 1. The Bertz CT molecular complexity index is 683. The summed E-state index contributed by atoms with van der Waals surface area (Å²) in [5.74, 6) is 0.139. The van der Waals surface area contributed by atoms with Gasteiger partial charge in [0.1, 0.15) is 0 Å². The fraction of sp³-hybridized carbons (Fsp3) is 0. The first kappa shape index (κ1) is 10.2. The minimum atomic E-state index is -0.172. The third-order valence-electron chi connectivity index (χ3n) is 2.64. The molecule has 0 aliphatic rings. The molecule has 3 nitrogen and oxygen atoms in total. The summed E-state index contributed by atoms with van der Waals surface area (Å²) < 4.78 is 5.10. The topological polar surface area (TPSA) is 46.0 Å². The fourth-order valence-electron chi connectivity index (χ4n) is 1.86. The lowest BCUT2D eigenvalue weighted by molar-refractivity contribution is 0.101. The molecule has 0 spiro atoms. The number of halogens is 1. The molecule has 0 amide bonds. The summed E-state index contributed by atoms with van der Waals surface area (Å²) in [4.78, 5) is 15.2. The Morgan fingerprint density at radius 3 is 2.88 bits per heavy atom. The van der Waals surface area contributed by atoms with E-state index in [0.29, 0.717) is 16.3 Å². The molecule has 0 aliphatic heterocycles. The second kappa shape index (κ2) is 3.79. The van der Waals surface area contributed by atoms with E-state index >= 15 is 0 Å². The quantitative estimate of drug-likeness (QED) is 0.701. The van der Waals surface area contributed by atoms with Crippen molar-refractivity contribution in [2.45, 2.75) is 0 Å². The number of carbonyl (C=O) groups is 1. The number of rotatable bonds is 2. The summed E-state index contributed by atoms with van der Waals surface area (Å²) in [6.45, 7) is 0. The van der Waals surface area contributed by atoms with E-state index < -0.39 is 0 Å². The third kappa shape index (κ3) is 1.56. The van der Waals surface area contributed by atoms with Crippen molar-refractivity contribution in [3.8, 4) is 0 Å². The highest BCUT2D eigenvalue weighted by molar-refractivity contribution is 6.37. The minimum absolute atomic E-state index is 0.172. The Kier molecular flexibility index (Phi) is 2.27. The van der Waals surface area contributed by atoms with Crippen LogP contribution in [0.3, 0.4) is 0 Å². The summed E-state index contributed by atoms with van der Waals surface area (Å²) in [5.41, 5.74) is 1.37. The van der Waals surface area contributed by atoms with Gasteiger partial charge in [0.2, 0.25) is 5.78 Å². The number of aromatic amines is 1. The molecular weight excluding hydrogens is 238 g/mol. The smallest absolute Gasteiger partial charge is 0.230 e. The highest BCUT2D eigenvalue weighted by Crippen LogP contribution is 2.28. The first-order valence-electron chi connectivity index (χ1n) is 5.11. The van der Waals surface area contributed by atoms with E-state index in [2.05, 4.69) is 4.98 Å². The normalized spacial score (nSPS) is 10.9. The van der Waals surface area contributed by atoms with Gasteiger partial charge < -0.3 is 9.40 Å². The first-order valence-corrected chi connectivity index (χ1v) is 5.49. The van der Waals surface area contributed by atoms with Gasteiger partial charge in [0.15, 0.2) is 5.76 Å². The Balaban J connectivity index is 2.22. The van der Waals surface area contributed by atoms with Crippen molar-refractivity contribution < 1.29 is 9.21 Å². The van der Waals surface area contributed by atoms with Gasteiger partial charge in [-0.05, 0) is 24.3 Å². The maximum Gasteiger partial charge on any atom is 0.230 e. The molecule has 0 saturated heterocycles. The molecule has 2 heterocycles. The van der Waals surface area contributed by atoms with Gasteiger partial charge in [0.25, 0.3) is 0 Å². The highest BCUT2D eigenvalue weighted by Gasteiger charge is 2.17. The molecule has 1 N–H and O–H groups in total. The first-order chi connectivity index (χ1) is 8.27. The molecule has 0 saturated carbocycles. The van der Waals surface area contributed by atoms with Gasteiger partial charge in [-0.2, -0.15) is 0 Å². The van der Waals surface area contributed by atoms with Crippen LogP contribution in [-0.4, -0.2) is 10.8 Å². The van der Waals surface area contributed by atoms with Crippen LogP contribution in [0.15, 0.2) is 47.2 Å². The van der Waals surface area contributed by atoms with Crippen LogP contribution in [0.1, 0.15) is 16.1 Å². The van der Waals surface area contributed by atoms with Crippen LogP contribution in [0, 0.1) is 0 Å². The van der Waals surface area contributed by atoms with E-state index in [9.17, 15) is 4.79 Å². The molecule has 17 heavy (non-hydrogen) atoms. The molecule has 3 aromatic rings. The Morgan fingerprint density at radius 2 is 2.12 bits per heavy atom. The summed E-state index contributed by atoms with van der Waals surface area (Å²) in [6, 6.07) is 8.79. The fourth-order valence-corrected chi connectivity index (χ4v) is 2.14. The number of ketones is 1. The number of benzene rings is 1. The summed E-state index contributed by atoms with van der Waals surface area (Å²) in [7, 11) is 0. The van der Waals surface area contributed by atoms with Gasteiger partial charge in [-0.3, -0.25) is 4.79 Å². The molecule has 0 fully saturated rings. The lowest BCUT2D eigenvalue weighted by atomic mass is 10.1. The number of aromatic nitrogens is 1. The Hall–Kier alpha value is -2.00. The van der Waals surface area contributed by atoms with Gasteiger partial charge in [-0.1, -0.05) is 17.7 Å². The number of hydrogen-bond acceptors (Lipinski definition) is 2. The summed E-state index contributed by atoms with van der Waals surface area (Å²) >= 11 is 6.11. The zero-order valence-electron chi connectivity index (χ0n) is 8.74. The summed E-state index contributed by atoms with van der Waals surface area (Å²) in [6.07, 6.45) is 3.13.